The van der Waals surface area contributed by atoms with E-state index < -0.39 is 0 Å². The van der Waals surface area contributed by atoms with Gasteiger partial charge in [-0.15, -0.1) is 0 Å². The second kappa shape index (κ2) is 17.1. The molecule has 1 aliphatic heterocycles. The van der Waals surface area contributed by atoms with Gasteiger partial charge in [0, 0.05) is 22.2 Å². The first-order chi connectivity index (χ1) is 28.3. The molecule has 0 saturated carbocycles. The van der Waals surface area contributed by atoms with Crippen molar-refractivity contribution in [2.24, 2.45) is 9.98 Å². The monoisotopic (exact) mass is 752 g/mol. The van der Waals surface area contributed by atoms with E-state index in [4.69, 9.17) is 15.4 Å². The molecule has 8 rings (SSSR count). The van der Waals surface area contributed by atoms with Crippen LogP contribution in [0.15, 0.2) is 209 Å². The molecule has 284 valence electrons. The molecule has 6 aromatic rings. The highest BCUT2D eigenvalue weighted by molar-refractivity contribution is 6.20. The van der Waals surface area contributed by atoms with Crippen molar-refractivity contribution < 1.29 is 0 Å². The number of hydrogen-bond acceptors (Lipinski definition) is 3. The van der Waals surface area contributed by atoms with E-state index in [2.05, 4.69) is 184 Å². The van der Waals surface area contributed by atoms with E-state index >= 15 is 0 Å². The van der Waals surface area contributed by atoms with Gasteiger partial charge in [-0.2, -0.15) is 0 Å². The van der Waals surface area contributed by atoms with Crippen molar-refractivity contribution in [2.75, 3.05) is 0 Å². The topological polar surface area (TPSA) is 60.6 Å². The van der Waals surface area contributed by atoms with Gasteiger partial charge in [-0.3, -0.25) is 10.4 Å². The molecule has 1 unspecified atom stereocenters. The Bertz CT molecular complexity index is 2590. The quantitative estimate of drug-likeness (QED) is 0.106. The molecule has 1 atom stereocenters. The first-order valence-corrected chi connectivity index (χ1v) is 20.1. The summed E-state index contributed by atoms with van der Waals surface area (Å²) in [6.07, 6.45) is 12.1. The van der Waals surface area contributed by atoms with E-state index in [1.165, 1.54) is 22.3 Å². The summed E-state index contributed by atoms with van der Waals surface area (Å²) >= 11 is 0. The second-order valence-corrected chi connectivity index (χ2v) is 15.5. The molecule has 0 spiro atoms. The fraction of sp³-hybridized carbons (Fsp3) is 0.130. The van der Waals surface area contributed by atoms with E-state index in [9.17, 15) is 0 Å². The molecule has 4 nitrogen and oxygen atoms in total. The van der Waals surface area contributed by atoms with Crippen LogP contribution in [-0.4, -0.2) is 17.3 Å². The van der Waals surface area contributed by atoms with Crippen LogP contribution in [0.25, 0.3) is 22.9 Å². The third-order valence-electron chi connectivity index (χ3n) is 11.1. The summed E-state index contributed by atoms with van der Waals surface area (Å²) < 4.78 is 0. The molecule has 0 saturated heterocycles. The fourth-order valence-corrected chi connectivity index (χ4v) is 7.65. The zero-order valence-electron chi connectivity index (χ0n) is 33.4. The Morgan fingerprint density at radius 1 is 0.707 bits per heavy atom. The van der Waals surface area contributed by atoms with Crippen LogP contribution >= 0.6 is 0 Å². The van der Waals surface area contributed by atoms with Gasteiger partial charge in [-0.25, -0.2) is 4.99 Å². The molecular formula is C54H48N4. The zero-order chi connectivity index (χ0) is 39.9. The Morgan fingerprint density at radius 2 is 1.33 bits per heavy atom. The molecule has 0 amide bonds. The molecule has 4 heteroatoms. The van der Waals surface area contributed by atoms with Gasteiger partial charge in [-0.05, 0) is 88.1 Å². The van der Waals surface area contributed by atoms with Crippen LogP contribution in [0.4, 0.5) is 0 Å². The van der Waals surface area contributed by atoms with Crippen molar-refractivity contribution >= 4 is 29.0 Å². The number of nitrogens with zero attached hydrogens (tertiary/aromatic N) is 2. The van der Waals surface area contributed by atoms with Gasteiger partial charge in [0.1, 0.15) is 12.0 Å². The van der Waals surface area contributed by atoms with Crippen molar-refractivity contribution in [3.05, 3.63) is 238 Å². The van der Waals surface area contributed by atoms with E-state index in [0.29, 0.717) is 5.84 Å². The molecule has 0 bridgehead atoms. The van der Waals surface area contributed by atoms with E-state index in [1.54, 1.807) is 0 Å². The fourth-order valence-electron chi connectivity index (χ4n) is 7.65. The molecule has 6 aromatic carbocycles. The summed E-state index contributed by atoms with van der Waals surface area (Å²) in [6, 6.07) is 57.6. The Labute approximate surface area is 343 Å². The SMILES string of the molecule is CC(=C\c1ccc(C(C)(C)c2ccc(C3=CC(c4cccc(-c5ccccc5)c4)=NC(c4ccccc4)N3)cc2)cc1)/C(=N\C(=N)C1=CC=CCC1)c1ccccc1. The van der Waals surface area contributed by atoms with Gasteiger partial charge in [0.2, 0.25) is 0 Å². The number of allylic oxidation sites excluding steroid dienone is 5. The van der Waals surface area contributed by atoms with Crippen LogP contribution in [0.5, 0.6) is 0 Å². The van der Waals surface area contributed by atoms with E-state index in [0.717, 1.165) is 68.9 Å². The van der Waals surface area contributed by atoms with Gasteiger partial charge in [0.25, 0.3) is 0 Å². The first-order valence-electron chi connectivity index (χ1n) is 20.1. The lowest BCUT2D eigenvalue weighted by Crippen LogP contribution is -2.25. The average molecular weight is 753 g/mol. The minimum Gasteiger partial charge on any atom is -0.360 e. The molecule has 1 aliphatic carbocycles. The first kappa shape index (κ1) is 38.0. The van der Waals surface area contributed by atoms with Crippen LogP contribution in [-0.2, 0) is 5.41 Å². The molecule has 0 fully saturated rings. The molecule has 2 aliphatic rings. The van der Waals surface area contributed by atoms with Gasteiger partial charge in [0.15, 0.2) is 0 Å². The van der Waals surface area contributed by atoms with Crippen LogP contribution in [0.3, 0.4) is 0 Å². The van der Waals surface area contributed by atoms with Gasteiger partial charge < -0.3 is 5.32 Å². The van der Waals surface area contributed by atoms with Gasteiger partial charge in [0.05, 0.1) is 11.4 Å². The van der Waals surface area contributed by atoms with Crippen molar-refractivity contribution in [2.45, 2.75) is 45.2 Å². The molecule has 1 heterocycles. The summed E-state index contributed by atoms with van der Waals surface area (Å²) in [5.74, 6) is 0.327. The van der Waals surface area contributed by atoms with E-state index in [-0.39, 0.29) is 11.6 Å². The lowest BCUT2D eigenvalue weighted by Gasteiger charge is -2.28. The minimum absolute atomic E-state index is 0.210. The van der Waals surface area contributed by atoms with Gasteiger partial charge >= 0.3 is 0 Å². The molecule has 58 heavy (non-hydrogen) atoms. The largest absolute Gasteiger partial charge is 0.360 e. The number of hydrogen-bond donors (Lipinski definition) is 2. The summed E-state index contributed by atoms with van der Waals surface area (Å²) in [7, 11) is 0. The summed E-state index contributed by atoms with van der Waals surface area (Å²) in [5, 5.41) is 12.5. The highest BCUT2D eigenvalue weighted by atomic mass is 15.1. The number of benzene rings is 6. The Morgan fingerprint density at radius 3 is 2.00 bits per heavy atom. The number of aliphatic imine (C=N–C) groups is 2. The molecule has 2 N–H and O–H groups in total. The van der Waals surface area contributed by atoms with Crippen LogP contribution in [0, 0.1) is 5.41 Å². The van der Waals surface area contributed by atoms with Crippen molar-refractivity contribution in [3.8, 4) is 11.1 Å². The lowest BCUT2D eigenvalue weighted by atomic mass is 9.77. The predicted octanol–water partition coefficient (Wildman–Crippen LogP) is 13.0. The average Bonchev–Trinajstić information content (AvgIpc) is 3.29. The molecule has 0 radical (unpaired) electrons. The number of nitrogens with one attached hydrogen (secondary N) is 2. The Hall–Kier alpha value is -6.91. The maximum Gasteiger partial charge on any atom is 0.148 e. The predicted molar refractivity (Wildman–Crippen MR) is 245 cm³/mol. The Balaban J connectivity index is 1.04. The molecule has 0 aromatic heterocycles. The molecular weight excluding hydrogens is 705 g/mol. The third kappa shape index (κ3) is 8.57. The van der Waals surface area contributed by atoms with Crippen LogP contribution < -0.4 is 5.32 Å². The van der Waals surface area contributed by atoms with Crippen molar-refractivity contribution in [3.63, 3.8) is 0 Å². The summed E-state index contributed by atoms with van der Waals surface area (Å²) in [6.45, 7) is 6.66. The maximum absolute atomic E-state index is 8.78. The van der Waals surface area contributed by atoms with E-state index in [1.807, 2.05) is 36.4 Å². The van der Waals surface area contributed by atoms with Gasteiger partial charge in [-0.1, -0.05) is 190 Å². The summed E-state index contributed by atoms with van der Waals surface area (Å²) in [5.41, 5.74) is 14.8. The minimum atomic E-state index is -0.227. The lowest BCUT2D eigenvalue weighted by molar-refractivity contribution is 0.640. The van der Waals surface area contributed by atoms with Crippen molar-refractivity contribution in [1.29, 1.82) is 5.41 Å². The van der Waals surface area contributed by atoms with Crippen molar-refractivity contribution in [1.82, 2.24) is 5.32 Å². The maximum atomic E-state index is 8.78. The highest BCUT2D eigenvalue weighted by Gasteiger charge is 2.25. The second-order valence-electron chi connectivity index (χ2n) is 15.5. The Kier molecular flexibility index (Phi) is 11.2. The highest BCUT2D eigenvalue weighted by Crippen LogP contribution is 2.34. The summed E-state index contributed by atoms with van der Waals surface area (Å²) in [4.78, 5) is 10.1. The van der Waals surface area contributed by atoms with Crippen LogP contribution in [0.2, 0.25) is 0 Å². The third-order valence-corrected chi connectivity index (χ3v) is 11.1. The normalized spacial score (nSPS) is 15.8. The smallest absolute Gasteiger partial charge is 0.148 e. The standard InChI is InChI=1S/C54H48N4/c1-38(51(42-19-10-5-11-20-42)58-52(55)43-21-12-6-13-22-43)35-39-27-31-47(32-28-39)54(2,3)48-33-29-41(30-34-48)49-37-50(57-53(56-49)44-23-14-7-15-24-44)46-26-16-25-45(36-46)40-17-8-4-9-18-40/h4-12,14-21,23-37,53,55-56H,13,22H2,1-3H3/b38-35+,55-52?,58-51+. The van der Waals surface area contributed by atoms with Crippen LogP contribution in [0.1, 0.15) is 78.7 Å². The zero-order valence-corrected chi connectivity index (χ0v) is 33.4. The number of rotatable bonds is 10. The number of amidine groups is 1.